The molecule has 20 heavy (non-hydrogen) atoms. The molecule has 0 aliphatic rings. The van der Waals surface area contributed by atoms with Gasteiger partial charge in [-0.1, -0.05) is 13.8 Å². The number of ether oxygens (including phenoxy) is 1. The van der Waals surface area contributed by atoms with Crippen molar-refractivity contribution >= 4 is 11.7 Å². The van der Waals surface area contributed by atoms with Crippen LogP contribution in [0.1, 0.15) is 42.6 Å². The molecule has 0 radical (unpaired) electrons. The number of rotatable bonds is 6. The molecule has 5 nitrogen and oxygen atoms in total. The Kier molecular flexibility index (Phi) is 5.61. The van der Waals surface area contributed by atoms with E-state index in [0.29, 0.717) is 12.3 Å². The van der Waals surface area contributed by atoms with E-state index in [1.54, 1.807) is 0 Å². The molecule has 0 spiro atoms. The largest absolute Gasteiger partial charge is 0.462 e. The zero-order valence-corrected chi connectivity index (χ0v) is 11.8. The number of nitro benzene ring substituents is 1. The van der Waals surface area contributed by atoms with Crippen LogP contribution in [0, 0.1) is 28.8 Å². The molecule has 110 valence electrons. The Bertz CT molecular complexity index is 514. The van der Waals surface area contributed by atoms with Gasteiger partial charge in [0.05, 0.1) is 11.5 Å². The van der Waals surface area contributed by atoms with E-state index in [1.165, 1.54) is 6.92 Å². The zero-order valence-electron chi connectivity index (χ0n) is 11.8. The third-order valence-corrected chi connectivity index (χ3v) is 2.83. The molecular formula is C14H18FNO4. The number of nitrogens with zero attached hydrogens (tertiary/aromatic N) is 1. The lowest BCUT2D eigenvalue weighted by Crippen LogP contribution is -2.10. The summed E-state index contributed by atoms with van der Waals surface area (Å²) in [7, 11) is 0. The van der Waals surface area contributed by atoms with Crippen molar-refractivity contribution < 1.29 is 18.8 Å². The maximum absolute atomic E-state index is 13.8. The van der Waals surface area contributed by atoms with Gasteiger partial charge < -0.3 is 4.74 Å². The van der Waals surface area contributed by atoms with Crippen LogP contribution in [-0.2, 0) is 4.74 Å². The average Bonchev–Trinajstić information content (AvgIpc) is 2.36. The van der Waals surface area contributed by atoms with Crippen molar-refractivity contribution in [2.75, 3.05) is 6.61 Å². The first kappa shape index (κ1) is 16.1. The maximum Gasteiger partial charge on any atom is 0.341 e. The van der Waals surface area contributed by atoms with Gasteiger partial charge in [-0.15, -0.1) is 0 Å². The smallest absolute Gasteiger partial charge is 0.341 e. The number of aryl methyl sites for hydroxylation is 1. The Morgan fingerprint density at radius 3 is 2.65 bits per heavy atom. The Morgan fingerprint density at radius 2 is 2.10 bits per heavy atom. The van der Waals surface area contributed by atoms with Crippen molar-refractivity contribution in [3.05, 3.63) is 39.2 Å². The van der Waals surface area contributed by atoms with E-state index in [0.717, 1.165) is 18.6 Å². The molecule has 1 aromatic carbocycles. The first-order valence-corrected chi connectivity index (χ1v) is 6.44. The van der Waals surface area contributed by atoms with Gasteiger partial charge in [-0.3, -0.25) is 10.1 Å². The quantitative estimate of drug-likeness (QED) is 0.346. The molecule has 6 heteroatoms. The Labute approximate surface area is 116 Å². The molecule has 0 atom stereocenters. The first-order chi connectivity index (χ1) is 9.32. The molecule has 0 N–H and O–H groups in total. The van der Waals surface area contributed by atoms with Crippen molar-refractivity contribution in [1.82, 2.24) is 0 Å². The van der Waals surface area contributed by atoms with E-state index >= 15 is 0 Å². The maximum atomic E-state index is 13.8. The third kappa shape index (κ3) is 4.29. The highest BCUT2D eigenvalue weighted by molar-refractivity contribution is 5.90. The van der Waals surface area contributed by atoms with E-state index in [2.05, 4.69) is 0 Å². The lowest BCUT2D eigenvalue weighted by molar-refractivity contribution is -0.385. The summed E-state index contributed by atoms with van der Waals surface area (Å²) in [6.07, 6.45) is 1.57. The van der Waals surface area contributed by atoms with Gasteiger partial charge in [-0.25, -0.2) is 9.18 Å². The van der Waals surface area contributed by atoms with Gasteiger partial charge in [0.1, 0.15) is 11.4 Å². The Morgan fingerprint density at radius 1 is 1.45 bits per heavy atom. The summed E-state index contributed by atoms with van der Waals surface area (Å²) in [6, 6.07) is 2.00. The van der Waals surface area contributed by atoms with E-state index in [-0.39, 0.29) is 23.4 Å². The molecule has 0 heterocycles. The molecule has 0 amide bonds. The summed E-state index contributed by atoms with van der Waals surface area (Å²) >= 11 is 0. The number of hydrogen-bond acceptors (Lipinski definition) is 4. The number of carbonyl (C=O) groups is 1. The molecule has 0 aromatic heterocycles. The second-order valence-corrected chi connectivity index (χ2v) is 5.05. The van der Waals surface area contributed by atoms with Crippen molar-refractivity contribution in [1.29, 1.82) is 0 Å². The van der Waals surface area contributed by atoms with Crippen LogP contribution in [0.4, 0.5) is 10.1 Å². The van der Waals surface area contributed by atoms with E-state index in [4.69, 9.17) is 4.74 Å². The van der Waals surface area contributed by atoms with Gasteiger partial charge in [0, 0.05) is 12.1 Å². The number of benzene rings is 1. The first-order valence-electron chi connectivity index (χ1n) is 6.44. The molecule has 0 fully saturated rings. The lowest BCUT2D eigenvalue weighted by Gasteiger charge is -2.08. The topological polar surface area (TPSA) is 69.4 Å². The van der Waals surface area contributed by atoms with Crippen LogP contribution in [0.2, 0.25) is 0 Å². The van der Waals surface area contributed by atoms with Gasteiger partial charge in [0.2, 0.25) is 0 Å². The molecule has 0 aliphatic heterocycles. The summed E-state index contributed by atoms with van der Waals surface area (Å²) in [5.41, 5.74) is -0.660. The second kappa shape index (κ2) is 6.98. The second-order valence-electron chi connectivity index (χ2n) is 5.05. The highest BCUT2D eigenvalue weighted by Crippen LogP contribution is 2.21. The fourth-order valence-electron chi connectivity index (χ4n) is 1.74. The standard InChI is InChI=1S/C14H18FNO4/c1-9(2)5-4-6-20-14(17)12-8-11(16(18)19)7-10(3)13(12)15/h7-9H,4-6H2,1-3H3. The number of halogens is 1. The monoisotopic (exact) mass is 283 g/mol. The van der Waals surface area contributed by atoms with Crippen LogP contribution in [-0.4, -0.2) is 17.5 Å². The highest BCUT2D eigenvalue weighted by Gasteiger charge is 2.20. The van der Waals surface area contributed by atoms with E-state index in [1.807, 2.05) is 13.8 Å². The fraction of sp³-hybridized carbons (Fsp3) is 0.500. The molecule has 0 aliphatic carbocycles. The van der Waals surface area contributed by atoms with Crippen molar-refractivity contribution in [3.8, 4) is 0 Å². The van der Waals surface area contributed by atoms with Crippen LogP contribution in [0.5, 0.6) is 0 Å². The molecular weight excluding hydrogens is 265 g/mol. The van der Waals surface area contributed by atoms with Crippen molar-refractivity contribution in [2.24, 2.45) is 5.92 Å². The van der Waals surface area contributed by atoms with E-state index < -0.39 is 16.7 Å². The minimum Gasteiger partial charge on any atom is -0.462 e. The predicted octanol–water partition coefficient (Wildman–Crippen LogP) is 3.64. The number of non-ortho nitro benzene ring substituents is 1. The van der Waals surface area contributed by atoms with Gasteiger partial charge in [-0.2, -0.15) is 0 Å². The summed E-state index contributed by atoms with van der Waals surface area (Å²) in [4.78, 5) is 21.8. The summed E-state index contributed by atoms with van der Waals surface area (Å²) in [5, 5.41) is 10.7. The molecule has 0 bridgehead atoms. The van der Waals surface area contributed by atoms with Gasteiger partial charge >= 0.3 is 5.97 Å². The van der Waals surface area contributed by atoms with E-state index in [9.17, 15) is 19.3 Å². The lowest BCUT2D eigenvalue weighted by atomic mass is 10.1. The Hall–Kier alpha value is -1.98. The SMILES string of the molecule is Cc1cc([N+](=O)[O-])cc(C(=O)OCCCC(C)C)c1F. The fourth-order valence-corrected chi connectivity index (χ4v) is 1.74. The number of esters is 1. The highest BCUT2D eigenvalue weighted by atomic mass is 19.1. The van der Waals surface area contributed by atoms with Crippen molar-refractivity contribution in [3.63, 3.8) is 0 Å². The van der Waals surface area contributed by atoms with Crippen LogP contribution in [0.25, 0.3) is 0 Å². The van der Waals surface area contributed by atoms with Gasteiger partial charge in [0.25, 0.3) is 5.69 Å². The summed E-state index contributed by atoms with van der Waals surface area (Å²) < 4.78 is 18.8. The summed E-state index contributed by atoms with van der Waals surface area (Å²) in [6.45, 7) is 5.65. The molecule has 0 saturated heterocycles. The summed E-state index contributed by atoms with van der Waals surface area (Å²) in [5.74, 6) is -1.15. The van der Waals surface area contributed by atoms with Gasteiger partial charge in [-0.05, 0) is 31.2 Å². The molecule has 1 aromatic rings. The van der Waals surface area contributed by atoms with Crippen LogP contribution < -0.4 is 0 Å². The molecule has 0 saturated carbocycles. The minimum atomic E-state index is -0.863. The number of carbonyl (C=O) groups excluding carboxylic acids is 1. The zero-order chi connectivity index (χ0) is 15.3. The van der Waals surface area contributed by atoms with Crippen molar-refractivity contribution in [2.45, 2.75) is 33.6 Å². The number of hydrogen-bond donors (Lipinski definition) is 0. The van der Waals surface area contributed by atoms with Crippen LogP contribution in [0.3, 0.4) is 0 Å². The van der Waals surface area contributed by atoms with Gasteiger partial charge in [0.15, 0.2) is 0 Å². The Balaban J connectivity index is 2.79. The normalized spacial score (nSPS) is 10.7. The third-order valence-electron chi connectivity index (χ3n) is 2.83. The van der Waals surface area contributed by atoms with Crippen LogP contribution >= 0.6 is 0 Å². The average molecular weight is 283 g/mol. The number of nitro groups is 1. The van der Waals surface area contributed by atoms with Crippen LogP contribution in [0.15, 0.2) is 12.1 Å². The predicted molar refractivity (Wildman–Crippen MR) is 72.1 cm³/mol. The molecule has 0 unspecified atom stereocenters. The molecule has 1 rings (SSSR count). The minimum absolute atomic E-state index is 0.0494.